The standard InChI is InChI=1S/C47H61N9O12/c1-4-35-46(63)55(2)36-27-50-47(54-42(36)56(35)32-11-5-6-12-32)52-33-15-14-30(26-38(33)64-3)43(60)49-19-9-21-66-23-25-67-24-22-65-20-8-18-48-40(59)29-68-37-13-7-10-31(28-57)41(37)45(62)51-34-16-17-39(58)53-44(34)61/h7,10,13-15,26-28,32,34-35H,4-6,8-9,11-12,16-25,29H2,1-3H3,(H,48,59)(H,49,60)(H,51,62)(H,50,52,54)(H,53,58,61)/t34?,35-/m1/s1. The first-order valence-electron chi connectivity index (χ1n) is 23.0. The van der Waals surface area contributed by atoms with Crippen molar-refractivity contribution < 1.29 is 57.2 Å². The summed E-state index contributed by atoms with van der Waals surface area (Å²) in [7, 11) is 3.30. The first-order chi connectivity index (χ1) is 33.0. The van der Waals surface area contributed by atoms with Gasteiger partial charge in [0.25, 0.3) is 17.7 Å². The Kier molecular flexibility index (Phi) is 19.0. The Labute approximate surface area is 394 Å². The van der Waals surface area contributed by atoms with Gasteiger partial charge < -0.3 is 54.8 Å². The van der Waals surface area contributed by atoms with Gasteiger partial charge in [-0.25, -0.2) is 4.98 Å². The summed E-state index contributed by atoms with van der Waals surface area (Å²) >= 11 is 0. The number of likely N-dealkylation sites (N-methyl/N-ethyl adjacent to an activating group) is 1. The Morgan fingerprint density at radius 2 is 1.59 bits per heavy atom. The zero-order valence-corrected chi connectivity index (χ0v) is 38.8. The van der Waals surface area contributed by atoms with E-state index in [4.69, 9.17) is 28.7 Å². The van der Waals surface area contributed by atoms with Gasteiger partial charge in [-0.2, -0.15) is 4.98 Å². The van der Waals surface area contributed by atoms with Crippen LogP contribution in [0.15, 0.2) is 42.6 Å². The van der Waals surface area contributed by atoms with E-state index >= 15 is 0 Å². The zero-order valence-electron chi connectivity index (χ0n) is 38.8. The molecule has 1 aromatic heterocycles. The van der Waals surface area contributed by atoms with Gasteiger partial charge >= 0.3 is 0 Å². The third kappa shape index (κ3) is 13.5. The molecule has 2 aromatic carbocycles. The fourth-order valence-corrected chi connectivity index (χ4v) is 8.19. The second kappa shape index (κ2) is 25.4. The van der Waals surface area contributed by atoms with Crippen molar-refractivity contribution in [1.29, 1.82) is 0 Å². The van der Waals surface area contributed by atoms with Crippen molar-refractivity contribution >= 4 is 64.9 Å². The SMILES string of the molecule is CC[C@@H]1C(=O)N(C)c2cnc(Nc3ccc(C(=O)NCCCOCCOCCOCCCNC(=O)COc4cccc(C=O)c4C(=O)NC4CCC(=O)NC4=O)cc3OC)nc2N1C1CCCC1. The molecule has 68 heavy (non-hydrogen) atoms. The first-order valence-corrected chi connectivity index (χ1v) is 23.0. The van der Waals surface area contributed by atoms with E-state index in [0.29, 0.717) is 107 Å². The van der Waals surface area contributed by atoms with Gasteiger partial charge in [-0.3, -0.25) is 38.9 Å². The van der Waals surface area contributed by atoms with E-state index in [1.165, 1.54) is 25.3 Å². The molecule has 1 saturated carbocycles. The van der Waals surface area contributed by atoms with Crippen LogP contribution in [0.2, 0.25) is 0 Å². The van der Waals surface area contributed by atoms with Crippen molar-refractivity contribution in [3.8, 4) is 11.5 Å². The highest BCUT2D eigenvalue weighted by atomic mass is 16.5. The van der Waals surface area contributed by atoms with E-state index in [2.05, 4.69) is 36.5 Å². The molecule has 3 heterocycles. The molecule has 6 amide bonds. The van der Waals surface area contributed by atoms with Gasteiger partial charge in [-0.15, -0.1) is 0 Å². The van der Waals surface area contributed by atoms with Crippen LogP contribution < -0.4 is 45.9 Å². The predicted octanol–water partition coefficient (Wildman–Crippen LogP) is 2.84. The summed E-state index contributed by atoms with van der Waals surface area (Å²) < 4.78 is 27.9. The Morgan fingerprint density at radius 1 is 0.882 bits per heavy atom. The van der Waals surface area contributed by atoms with E-state index in [9.17, 15) is 33.6 Å². The molecular formula is C47H61N9O12. The number of carbonyl (C=O) groups is 7. The predicted molar refractivity (Wildman–Crippen MR) is 249 cm³/mol. The van der Waals surface area contributed by atoms with E-state index in [-0.39, 0.29) is 53.6 Å². The van der Waals surface area contributed by atoms with E-state index < -0.39 is 36.3 Å². The van der Waals surface area contributed by atoms with Crippen molar-refractivity contribution in [1.82, 2.24) is 31.2 Å². The number of rotatable bonds is 26. The molecule has 3 aliphatic rings. The molecular weight excluding hydrogens is 883 g/mol. The molecule has 0 spiro atoms. The van der Waals surface area contributed by atoms with Crippen LogP contribution in [0.4, 0.5) is 23.1 Å². The second-order valence-electron chi connectivity index (χ2n) is 16.4. The maximum atomic E-state index is 13.2. The molecule has 2 fully saturated rings. The number of hydrogen-bond acceptors (Lipinski definition) is 16. The third-order valence-electron chi connectivity index (χ3n) is 11.7. The smallest absolute Gasteiger partial charge is 0.257 e. The van der Waals surface area contributed by atoms with Gasteiger partial charge in [0, 0.05) is 56.9 Å². The number of anilines is 4. The number of methoxy groups -OCH3 is 1. The number of carbonyl (C=O) groups excluding carboxylic acids is 7. The fourth-order valence-electron chi connectivity index (χ4n) is 8.19. The van der Waals surface area contributed by atoms with Crippen LogP contribution in [0.3, 0.4) is 0 Å². The van der Waals surface area contributed by atoms with Crippen LogP contribution in [0, 0.1) is 0 Å². The highest BCUT2D eigenvalue weighted by molar-refractivity contribution is 6.08. The van der Waals surface area contributed by atoms with E-state index in [1.807, 2.05) is 6.92 Å². The number of piperidine rings is 1. The molecule has 3 aromatic rings. The van der Waals surface area contributed by atoms with E-state index in [1.54, 1.807) is 36.3 Å². The van der Waals surface area contributed by atoms with Crippen LogP contribution in [0.25, 0.3) is 0 Å². The molecule has 1 saturated heterocycles. The lowest BCUT2D eigenvalue weighted by atomic mass is 10.0. The Balaban J connectivity index is 0.800. The third-order valence-corrected chi connectivity index (χ3v) is 11.7. The molecule has 21 nitrogen and oxygen atoms in total. The van der Waals surface area contributed by atoms with Gasteiger partial charge in [-0.1, -0.05) is 31.9 Å². The summed E-state index contributed by atoms with van der Waals surface area (Å²) in [4.78, 5) is 100. The number of amides is 6. The molecule has 1 unspecified atom stereocenters. The Hall–Kier alpha value is -6.71. The largest absolute Gasteiger partial charge is 0.495 e. The molecule has 366 valence electrons. The average Bonchev–Trinajstić information content (AvgIpc) is 3.88. The fraction of sp³-hybridized carbons (Fsp3) is 0.511. The number of aldehydes is 1. The number of aromatic nitrogens is 2. The van der Waals surface area contributed by atoms with Crippen LogP contribution in [0.5, 0.6) is 11.5 Å². The number of nitrogens with zero attached hydrogens (tertiary/aromatic N) is 4. The van der Waals surface area contributed by atoms with Crippen LogP contribution in [0.1, 0.15) is 95.8 Å². The molecule has 0 bridgehead atoms. The minimum absolute atomic E-state index is 0.00779. The maximum absolute atomic E-state index is 13.2. The Morgan fingerprint density at radius 3 is 2.26 bits per heavy atom. The molecule has 6 rings (SSSR count). The van der Waals surface area contributed by atoms with Gasteiger partial charge in [0.2, 0.25) is 23.7 Å². The van der Waals surface area contributed by atoms with Crippen molar-refractivity contribution in [2.75, 3.05) is 88.6 Å². The lowest BCUT2D eigenvalue weighted by molar-refractivity contribution is -0.134. The highest BCUT2D eigenvalue weighted by Crippen LogP contribution is 2.40. The molecule has 21 heteroatoms. The number of hydrogen-bond donors (Lipinski definition) is 5. The van der Waals surface area contributed by atoms with Crippen molar-refractivity contribution in [2.45, 2.75) is 82.8 Å². The number of nitrogens with one attached hydrogen (secondary N) is 5. The number of benzene rings is 2. The second-order valence-corrected chi connectivity index (χ2v) is 16.4. The monoisotopic (exact) mass is 943 g/mol. The Bertz CT molecular complexity index is 2270. The summed E-state index contributed by atoms with van der Waals surface area (Å²) in [5.74, 6) is -0.935. The lowest BCUT2D eigenvalue weighted by Gasteiger charge is -2.43. The summed E-state index contributed by atoms with van der Waals surface area (Å²) in [5.41, 5.74) is 1.59. The minimum atomic E-state index is -0.954. The van der Waals surface area contributed by atoms with Crippen LogP contribution in [-0.4, -0.2) is 143 Å². The van der Waals surface area contributed by atoms with Crippen LogP contribution >= 0.6 is 0 Å². The summed E-state index contributed by atoms with van der Waals surface area (Å²) in [6.45, 7) is 4.57. The van der Waals surface area contributed by atoms with Gasteiger partial charge in [0.05, 0.1) is 51.0 Å². The van der Waals surface area contributed by atoms with Crippen molar-refractivity contribution in [3.05, 3.63) is 59.3 Å². The number of imide groups is 1. The normalized spacial score (nSPS) is 17.0. The average molecular weight is 944 g/mol. The quantitative estimate of drug-likeness (QED) is 0.0441. The topological polar surface area (TPSA) is 258 Å². The van der Waals surface area contributed by atoms with Gasteiger partial charge in [0.15, 0.2) is 18.7 Å². The summed E-state index contributed by atoms with van der Waals surface area (Å²) in [6, 6.07) is 8.47. The molecule has 0 radical (unpaired) electrons. The van der Waals surface area contributed by atoms with Crippen LogP contribution in [-0.2, 0) is 33.4 Å². The number of ether oxygens (including phenoxy) is 5. The minimum Gasteiger partial charge on any atom is -0.495 e. The van der Waals surface area contributed by atoms with Gasteiger partial charge in [0.1, 0.15) is 29.3 Å². The zero-order chi connectivity index (χ0) is 48.4. The number of fused-ring (bicyclic) bond motifs is 1. The van der Waals surface area contributed by atoms with Crippen molar-refractivity contribution in [3.63, 3.8) is 0 Å². The summed E-state index contributed by atoms with van der Waals surface area (Å²) in [6.07, 6.45) is 8.42. The molecule has 2 aliphatic heterocycles. The molecule has 1 aliphatic carbocycles. The first kappa shape index (κ1) is 50.7. The van der Waals surface area contributed by atoms with E-state index in [0.717, 1.165) is 31.5 Å². The highest BCUT2D eigenvalue weighted by Gasteiger charge is 2.41. The summed E-state index contributed by atoms with van der Waals surface area (Å²) in [5, 5.41) is 13.5. The van der Waals surface area contributed by atoms with Crippen molar-refractivity contribution in [2.24, 2.45) is 0 Å². The molecule has 2 atom stereocenters. The van der Waals surface area contributed by atoms with Gasteiger partial charge in [-0.05, 0) is 62.8 Å². The molecule has 5 N–H and O–H groups in total. The lowest BCUT2D eigenvalue weighted by Crippen LogP contribution is -2.55. The maximum Gasteiger partial charge on any atom is 0.257 e.